The molecule has 0 unspecified atom stereocenters. The first-order valence-corrected chi connectivity index (χ1v) is 4.82. The van der Waals surface area contributed by atoms with Gasteiger partial charge in [-0.1, -0.05) is 19.4 Å². The molecule has 0 N–H and O–H groups in total. The molecule has 0 fully saturated rings. The Morgan fingerprint density at radius 1 is 1.47 bits per heavy atom. The van der Waals surface area contributed by atoms with E-state index in [9.17, 15) is 9.18 Å². The number of benzene rings is 1. The van der Waals surface area contributed by atoms with Crippen LogP contribution in [0.25, 0.3) is 0 Å². The standard InChI is InChI=1S/C11H13FO3/c1-2-3-7-14-11(13)15-10-6-4-5-9(12)8-10/h4-6,8H,2-3,7H2,1H3. The van der Waals surface area contributed by atoms with Crippen molar-refractivity contribution >= 4 is 6.16 Å². The van der Waals surface area contributed by atoms with Crippen molar-refractivity contribution in [2.24, 2.45) is 0 Å². The summed E-state index contributed by atoms with van der Waals surface area (Å²) in [6.45, 7) is 2.31. The Balaban J connectivity index is 2.37. The first-order valence-electron chi connectivity index (χ1n) is 4.82. The molecule has 0 bridgehead atoms. The highest BCUT2D eigenvalue weighted by atomic mass is 19.1. The van der Waals surface area contributed by atoms with Crippen LogP contribution in [-0.2, 0) is 4.74 Å². The fourth-order valence-electron chi connectivity index (χ4n) is 0.956. The van der Waals surface area contributed by atoms with Gasteiger partial charge in [-0.05, 0) is 18.6 Å². The van der Waals surface area contributed by atoms with Crippen molar-refractivity contribution in [1.29, 1.82) is 0 Å². The number of ether oxygens (including phenoxy) is 2. The summed E-state index contributed by atoms with van der Waals surface area (Å²) >= 11 is 0. The Morgan fingerprint density at radius 2 is 2.27 bits per heavy atom. The lowest BCUT2D eigenvalue weighted by molar-refractivity contribution is 0.0977. The van der Waals surface area contributed by atoms with Gasteiger partial charge in [0.25, 0.3) is 0 Å². The average Bonchev–Trinajstić information content (AvgIpc) is 2.18. The van der Waals surface area contributed by atoms with Gasteiger partial charge in [0.05, 0.1) is 6.61 Å². The molecule has 0 atom stereocenters. The molecule has 0 aromatic heterocycles. The number of rotatable bonds is 4. The fourth-order valence-corrected chi connectivity index (χ4v) is 0.956. The van der Waals surface area contributed by atoms with E-state index in [-0.39, 0.29) is 5.75 Å². The van der Waals surface area contributed by atoms with Gasteiger partial charge in [-0.2, -0.15) is 0 Å². The van der Waals surface area contributed by atoms with Crippen molar-refractivity contribution < 1.29 is 18.7 Å². The van der Waals surface area contributed by atoms with Crippen LogP contribution in [0.3, 0.4) is 0 Å². The lowest BCUT2D eigenvalue weighted by Gasteiger charge is -2.04. The third-order valence-electron chi connectivity index (χ3n) is 1.72. The van der Waals surface area contributed by atoms with E-state index in [0.717, 1.165) is 18.9 Å². The predicted octanol–water partition coefficient (Wildman–Crippen LogP) is 3.14. The van der Waals surface area contributed by atoms with Crippen LogP contribution in [-0.4, -0.2) is 12.8 Å². The predicted molar refractivity (Wildman–Crippen MR) is 53.3 cm³/mol. The third kappa shape index (κ3) is 4.44. The molecule has 0 radical (unpaired) electrons. The van der Waals surface area contributed by atoms with E-state index < -0.39 is 12.0 Å². The Labute approximate surface area is 87.8 Å². The van der Waals surface area contributed by atoms with Crippen molar-refractivity contribution in [1.82, 2.24) is 0 Å². The molecule has 1 aromatic carbocycles. The minimum atomic E-state index is -0.797. The lowest BCUT2D eigenvalue weighted by Crippen LogP contribution is -2.11. The van der Waals surface area contributed by atoms with Crippen LogP contribution < -0.4 is 4.74 Å². The zero-order valence-corrected chi connectivity index (χ0v) is 8.53. The van der Waals surface area contributed by atoms with Gasteiger partial charge in [-0.15, -0.1) is 0 Å². The molecule has 4 heteroatoms. The van der Waals surface area contributed by atoms with Crippen molar-refractivity contribution in [3.05, 3.63) is 30.1 Å². The van der Waals surface area contributed by atoms with Gasteiger partial charge in [-0.3, -0.25) is 0 Å². The number of carbonyl (C=O) groups is 1. The van der Waals surface area contributed by atoms with Gasteiger partial charge in [0.2, 0.25) is 0 Å². The molecule has 82 valence electrons. The summed E-state index contributed by atoms with van der Waals surface area (Å²) in [6.07, 6.45) is 0.930. The first-order chi connectivity index (χ1) is 7.22. The highest BCUT2D eigenvalue weighted by Crippen LogP contribution is 2.12. The second-order valence-corrected chi connectivity index (χ2v) is 3.01. The lowest BCUT2D eigenvalue weighted by atomic mass is 10.3. The Kier molecular flexibility index (Phi) is 4.60. The van der Waals surface area contributed by atoms with Gasteiger partial charge >= 0.3 is 6.16 Å². The van der Waals surface area contributed by atoms with Crippen LogP contribution in [0.5, 0.6) is 5.75 Å². The summed E-state index contributed by atoms with van der Waals surface area (Å²) in [5, 5.41) is 0. The summed E-state index contributed by atoms with van der Waals surface area (Å²) in [7, 11) is 0. The van der Waals surface area contributed by atoms with Crippen molar-refractivity contribution in [2.45, 2.75) is 19.8 Å². The van der Waals surface area contributed by atoms with Gasteiger partial charge in [0.15, 0.2) is 0 Å². The van der Waals surface area contributed by atoms with E-state index in [1.807, 2.05) is 6.92 Å². The van der Waals surface area contributed by atoms with Gasteiger partial charge < -0.3 is 9.47 Å². The Bertz CT molecular complexity index is 325. The molecule has 0 spiro atoms. The van der Waals surface area contributed by atoms with E-state index in [0.29, 0.717) is 6.61 Å². The molecule has 3 nitrogen and oxygen atoms in total. The maximum absolute atomic E-state index is 12.7. The van der Waals surface area contributed by atoms with Crippen LogP contribution in [0.1, 0.15) is 19.8 Å². The first kappa shape index (κ1) is 11.5. The van der Waals surface area contributed by atoms with Crippen LogP contribution in [0.4, 0.5) is 9.18 Å². The Morgan fingerprint density at radius 3 is 2.93 bits per heavy atom. The molecule has 0 heterocycles. The molecule has 0 aliphatic carbocycles. The van der Waals surface area contributed by atoms with Crippen molar-refractivity contribution in [3.8, 4) is 5.75 Å². The SMILES string of the molecule is CCCCOC(=O)Oc1cccc(F)c1. The smallest absolute Gasteiger partial charge is 0.434 e. The molecule has 1 aromatic rings. The molecular weight excluding hydrogens is 199 g/mol. The summed E-state index contributed by atoms with van der Waals surface area (Å²) in [4.78, 5) is 11.0. The van der Waals surface area contributed by atoms with E-state index in [4.69, 9.17) is 9.47 Å². The molecule has 1 rings (SSSR count). The summed E-state index contributed by atoms with van der Waals surface area (Å²) in [5.41, 5.74) is 0. The maximum atomic E-state index is 12.7. The molecule has 15 heavy (non-hydrogen) atoms. The fraction of sp³-hybridized carbons (Fsp3) is 0.364. The summed E-state index contributed by atoms with van der Waals surface area (Å²) in [6, 6.07) is 5.35. The number of hydrogen-bond acceptors (Lipinski definition) is 3. The number of unbranched alkanes of at least 4 members (excludes halogenated alkanes) is 1. The monoisotopic (exact) mass is 212 g/mol. The second kappa shape index (κ2) is 6.01. The molecule has 0 aliphatic heterocycles. The van der Waals surface area contributed by atoms with Crippen LogP contribution in [0, 0.1) is 5.82 Å². The molecule has 0 saturated carbocycles. The van der Waals surface area contributed by atoms with E-state index in [2.05, 4.69) is 0 Å². The minimum Gasteiger partial charge on any atom is -0.434 e. The normalized spacial score (nSPS) is 9.73. The van der Waals surface area contributed by atoms with Gasteiger partial charge in [0.1, 0.15) is 11.6 Å². The third-order valence-corrected chi connectivity index (χ3v) is 1.72. The number of hydrogen-bond donors (Lipinski definition) is 0. The largest absolute Gasteiger partial charge is 0.513 e. The van der Waals surface area contributed by atoms with Crippen molar-refractivity contribution in [2.75, 3.05) is 6.61 Å². The van der Waals surface area contributed by atoms with Crippen LogP contribution in [0.15, 0.2) is 24.3 Å². The quantitative estimate of drug-likeness (QED) is 0.437. The minimum absolute atomic E-state index is 0.150. The molecular formula is C11H13FO3. The average molecular weight is 212 g/mol. The summed E-state index contributed by atoms with van der Waals surface area (Å²) in [5.74, 6) is -0.301. The highest BCUT2D eigenvalue weighted by Gasteiger charge is 2.05. The van der Waals surface area contributed by atoms with Crippen LogP contribution in [0.2, 0.25) is 0 Å². The van der Waals surface area contributed by atoms with Gasteiger partial charge in [-0.25, -0.2) is 9.18 Å². The van der Waals surface area contributed by atoms with E-state index >= 15 is 0 Å². The molecule has 0 amide bonds. The zero-order valence-electron chi connectivity index (χ0n) is 8.53. The zero-order chi connectivity index (χ0) is 11.1. The van der Waals surface area contributed by atoms with Gasteiger partial charge in [0, 0.05) is 6.07 Å². The highest BCUT2D eigenvalue weighted by molar-refractivity contribution is 5.63. The van der Waals surface area contributed by atoms with E-state index in [1.165, 1.54) is 18.2 Å². The Hall–Kier alpha value is -1.58. The molecule has 0 saturated heterocycles. The topological polar surface area (TPSA) is 35.5 Å². The number of halogens is 1. The van der Waals surface area contributed by atoms with E-state index in [1.54, 1.807) is 0 Å². The maximum Gasteiger partial charge on any atom is 0.513 e. The van der Waals surface area contributed by atoms with Crippen molar-refractivity contribution in [3.63, 3.8) is 0 Å². The second-order valence-electron chi connectivity index (χ2n) is 3.01. The number of carbonyl (C=O) groups excluding carboxylic acids is 1. The van der Waals surface area contributed by atoms with Crippen LogP contribution >= 0.6 is 0 Å². The summed E-state index contributed by atoms with van der Waals surface area (Å²) < 4.78 is 22.2. The molecule has 0 aliphatic rings.